The second-order valence-electron chi connectivity index (χ2n) is 28.9. The normalized spacial score (nSPS) is 17.8. The second-order valence-corrected chi connectivity index (χ2v) is 33.5. The SMILES string of the molecule is Brc1cccc(Br)c1.C=CC1(c2cccc(-c3ccnc4[nH]ncc34)c2)CCNC1.C=CC1(c2cccc(Br)c2)CCN(C(=O)OCc2ccccc2)C1.O=C(OCc1ccccc1)N1CC=C(c2cccc(Br)c2)CC1.O=C1CCN(C(=O)OCc2ccccc2)CC1.O=CC1(c2cccc(Br)c2)CCN(C(=O)OCc2ccccc2)C1. The molecule has 11 aromatic rings. The minimum atomic E-state index is -0.657. The van der Waals surface area contributed by atoms with Gasteiger partial charge < -0.3 is 48.7 Å². The fourth-order valence-corrected chi connectivity index (χ4v) is 16.6. The van der Waals surface area contributed by atoms with Crippen LogP contribution < -0.4 is 5.32 Å². The van der Waals surface area contributed by atoms with Crippen molar-refractivity contribution in [2.24, 2.45) is 0 Å². The van der Waals surface area contributed by atoms with Crippen molar-refractivity contribution in [3.63, 3.8) is 0 Å². The summed E-state index contributed by atoms with van der Waals surface area (Å²) in [6.07, 6.45) is 13.8. The molecule has 118 heavy (non-hydrogen) atoms. The first-order valence-corrected chi connectivity index (χ1v) is 42.9. The van der Waals surface area contributed by atoms with E-state index in [4.69, 9.17) is 18.9 Å². The molecule has 0 radical (unpaired) electrons. The van der Waals surface area contributed by atoms with Gasteiger partial charge in [-0.15, -0.1) is 13.2 Å². The van der Waals surface area contributed by atoms with E-state index in [1.54, 1.807) is 19.6 Å². The van der Waals surface area contributed by atoms with Crippen molar-refractivity contribution >= 4 is 133 Å². The molecule has 5 aliphatic heterocycles. The van der Waals surface area contributed by atoms with E-state index in [-0.39, 0.29) is 54.2 Å². The summed E-state index contributed by atoms with van der Waals surface area (Å²) in [5.74, 6) is 0.220. The Morgan fingerprint density at radius 1 is 0.441 bits per heavy atom. The number of halogens is 5. The molecule has 608 valence electrons. The topological polar surface area (TPSA) is 206 Å². The molecule has 2 aromatic heterocycles. The predicted octanol–water partition coefficient (Wildman–Crippen LogP) is 22.0. The number of nitrogens with one attached hydrogen (secondary N) is 2. The minimum absolute atomic E-state index is 0.0402. The summed E-state index contributed by atoms with van der Waals surface area (Å²) in [7, 11) is 0. The molecule has 16 rings (SSSR count). The number of Topliss-reactive ketones (excluding diaryl/α,β-unsaturated/α-hetero) is 1. The zero-order valence-electron chi connectivity index (χ0n) is 65.3. The third-order valence-corrected chi connectivity index (χ3v) is 23.5. The van der Waals surface area contributed by atoms with E-state index < -0.39 is 5.41 Å². The van der Waals surface area contributed by atoms with Crippen LogP contribution in [0.25, 0.3) is 27.7 Å². The Morgan fingerprint density at radius 2 is 0.864 bits per heavy atom. The molecule has 9 aromatic carbocycles. The predicted molar refractivity (Wildman–Crippen MR) is 481 cm³/mol. The summed E-state index contributed by atoms with van der Waals surface area (Å²) < 4.78 is 26.6. The maximum absolute atomic E-state index is 12.4. The number of rotatable bonds is 16. The average molecular weight is 1910 g/mol. The maximum atomic E-state index is 12.4. The number of benzene rings is 9. The molecule has 3 unspecified atom stereocenters. The molecule has 3 atom stereocenters. The lowest BCUT2D eigenvalue weighted by atomic mass is 9.79. The summed E-state index contributed by atoms with van der Waals surface area (Å²) in [5.41, 5.74) is 12.1. The molecule has 7 heterocycles. The molecule has 0 aliphatic carbocycles. The summed E-state index contributed by atoms with van der Waals surface area (Å²) in [5, 5.41) is 11.5. The van der Waals surface area contributed by atoms with Crippen LogP contribution in [0.2, 0.25) is 0 Å². The smallest absolute Gasteiger partial charge is 0.410 e. The van der Waals surface area contributed by atoms with E-state index in [9.17, 15) is 28.8 Å². The van der Waals surface area contributed by atoms with Crippen molar-refractivity contribution in [1.82, 2.24) is 40.1 Å². The zero-order chi connectivity index (χ0) is 83.1. The van der Waals surface area contributed by atoms with E-state index in [1.165, 1.54) is 27.8 Å². The second kappa shape index (κ2) is 44.4. The van der Waals surface area contributed by atoms with Crippen LogP contribution in [0, 0.1) is 0 Å². The van der Waals surface area contributed by atoms with Gasteiger partial charge in [-0.3, -0.25) is 9.89 Å². The molecule has 2 N–H and O–H groups in total. The van der Waals surface area contributed by atoms with Gasteiger partial charge in [0.25, 0.3) is 0 Å². The zero-order valence-corrected chi connectivity index (χ0v) is 73.3. The lowest BCUT2D eigenvalue weighted by Gasteiger charge is -2.26. The average Bonchev–Trinajstić information content (AvgIpc) is 1.61. The monoisotopic (exact) mass is 1900 g/mol. The lowest BCUT2D eigenvalue weighted by Crippen LogP contribution is -2.38. The highest BCUT2D eigenvalue weighted by atomic mass is 79.9. The number of ketones is 1. The van der Waals surface area contributed by atoms with Crippen molar-refractivity contribution in [1.29, 1.82) is 0 Å². The Bertz CT molecular complexity index is 5060. The van der Waals surface area contributed by atoms with E-state index >= 15 is 0 Å². The number of piperidine rings is 1. The number of aromatic amines is 1. The largest absolute Gasteiger partial charge is 0.445 e. The lowest BCUT2D eigenvalue weighted by molar-refractivity contribution is -0.121. The van der Waals surface area contributed by atoms with Crippen LogP contribution in [0.4, 0.5) is 19.2 Å². The van der Waals surface area contributed by atoms with Gasteiger partial charge in [0.1, 0.15) is 38.5 Å². The molecule has 4 saturated heterocycles. The number of carbonyl (C=O) groups is 6. The molecular weight excluding hydrogens is 1810 g/mol. The number of aldehydes is 1. The fourth-order valence-electron chi connectivity index (χ4n) is 14.3. The molecule has 23 heteroatoms. The molecule has 0 bridgehead atoms. The van der Waals surface area contributed by atoms with Gasteiger partial charge in [0.2, 0.25) is 0 Å². The van der Waals surface area contributed by atoms with Crippen LogP contribution in [0.5, 0.6) is 0 Å². The number of ether oxygens (including phenoxy) is 4. The standard InChI is InChI=1S/C20H20BrNO2.C19H18BrNO3.C19H18BrNO2.C18H18N4.C13H15NO3.C6H4Br2/c1-2-20(17-9-6-10-18(21)13-17)11-12-22(15-20)19(23)24-14-16-7-4-3-5-8-16;20-17-8-4-7-16(11-17)19(14-22)9-10-21(13-19)18(23)24-12-15-5-2-1-3-6-15;20-18-8-4-7-17(13-18)16-9-11-21(12-10-16)19(22)23-14-15-5-2-1-3-6-15;1-2-18(7-9-19-12-18)14-5-3-4-13(10-14)15-6-8-20-17-16(15)11-21-22-17;15-12-6-8-14(9-7-12)13(16)17-10-11-4-2-1-3-5-11;7-5-2-1-3-6(8)4-5/h2-10,13H,1,11-12,14-15H2;1-8,11,14H,9-10,12-13H2;1-9,13H,10-12,14H2;2-6,8,10-11,19H,1,7,9,12H2,(H,20,21,22);1-5H,6-10H2;1-4H. The van der Waals surface area contributed by atoms with Crippen molar-refractivity contribution in [2.45, 2.75) is 81.2 Å². The van der Waals surface area contributed by atoms with Gasteiger partial charge in [0.15, 0.2) is 5.65 Å². The fraction of sp³-hybridized carbons (Fsp3) is 0.242. The quantitative estimate of drug-likeness (QED) is 0.0525. The van der Waals surface area contributed by atoms with Gasteiger partial charge in [-0.05, 0) is 154 Å². The Morgan fingerprint density at radius 3 is 1.31 bits per heavy atom. The Kier molecular flexibility index (Phi) is 33.3. The van der Waals surface area contributed by atoms with Crippen LogP contribution >= 0.6 is 79.6 Å². The van der Waals surface area contributed by atoms with Crippen LogP contribution in [0.1, 0.15) is 83.0 Å². The number of hydrogen-bond donors (Lipinski definition) is 2. The number of aromatic nitrogens is 3. The van der Waals surface area contributed by atoms with Crippen molar-refractivity contribution in [3.8, 4) is 11.1 Å². The van der Waals surface area contributed by atoms with Gasteiger partial charge in [-0.2, -0.15) is 5.10 Å². The van der Waals surface area contributed by atoms with Crippen LogP contribution in [-0.2, 0) is 71.2 Å². The molecule has 4 amide bonds. The molecule has 5 aliphatic rings. The highest BCUT2D eigenvalue weighted by Gasteiger charge is 2.43. The Balaban J connectivity index is 0.000000142. The number of carbonyl (C=O) groups excluding carboxylic acids is 6. The number of nitrogens with zero attached hydrogens (tertiary/aromatic N) is 6. The van der Waals surface area contributed by atoms with Crippen molar-refractivity contribution < 1.29 is 47.7 Å². The molecule has 0 saturated carbocycles. The third kappa shape index (κ3) is 25.3. The summed E-state index contributed by atoms with van der Waals surface area (Å²) in [6, 6.07) is 81.5. The number of hydrogen-bond acceptors (Lipinski definition) is 13. The first-order valence-electron chi connectivity index (χ1n) is 38.9. The van der Waals surface area contributed by atoms with Gasteiger partial charge in [-0.25, -0.2) is 24.2 Å². The Labute approximate surface area is 731 Å². The number of likely N-dealkylation sites (tertiary alicyclic amines) is 3. The molecular formula is C95H93Br5N8O10. The molecule has 0 spiro atoms. The number of pyridine rings is 1. The van der Waals surface area contributed by atoms with E-state index in [2.05, 4.69) is 174 Å². The van der Waals surface area contributed by atoms with Crippen molar-refractivity contribution in [2.75, 3.05) is 65.4 Å². The third-order valence-electron chi connectivity index (χ3n) is 21.1. The molecule has 18 nitrogen and oxygen atoms in total. The first-order chi connectivity index (χ1) is 57.3. The highest BCUT2D eigenvalue weighted by Crippen LogP contribution is 2.40. The van der Waals surface area contributed by atoms with Crippen LogP contribution in [0.3, 0.4) is 0 Å². The number of fused-ring (bicyclic) bond motifs is 1. The van der Waals surface area contributed by atoms with E-state index in [0.717, 1.165) is 105 Å². The van der Waals surface area contributed by atoms with Crippen LogP contribution in [0.15, 0.2) is 315 Å². The first kappa shape index (κ1) is 88.4. The number of H-pyrrole nitrogens is 1. The van der Waals surface area contributed by atoms with Crippen LogP contribution in [-0.4, -0.2) is 137 Å². The number of amides is 4. The van der Waals surface area contributed by atoms with E-state index in [1.807, 2.05) is 219 Å². The van der Waals surface area contributed by atoms with Gasteiger partial charge in [0.05, 0.1) is 11.6 Å². The minimum Gasteiger partial charge on any atom is -0.445 e. The van der Waals surface area contributed by atoms with Gasteiger partial charge in [-0.1, -0.05) is 286 Å². The summed E-state index contributed by atoms with van der Waals surface area (Å²) in [4.78, 5) is 82.3. The van der Waals surface area contributed by atoms with Gasteiger partial charge >= 0.3 is 24.4 Å². The van der Waals surface area contributed by atoms with Crippen molar-refractivity contribution in [3.05, 3.63) is 359 Å². The van der Waals surface area contributed by atoms with E-state index in [0.29, 0.717) is 84.8 Å². The highest BCUT2D eigenvalue weighted by molar-refractivity contribution is 9.11. The molecule has 4 fully saturated rings. The summed E-state index contributed by atoms with van der Waals surface area (Å²) in [6.45, 7) is 15.6. The summed E-state index contributed by atoms with van der Waals surface area (Å²) >= 11 is 17.1. The van der Waals surface area contributed by atoms with Gasteiger partial charge in [0, 0.05) is 117 Å². The maximum Gasteiger partial charge on any atom is 0.410 e. The Hall–Kier alpha value is -10.4.